The third-order valence-electron chi connectivity index (χ3n) is 7.21. The van der Waals surface area contributed by atoms with E-state index in [0.29, 0.717) is 6.61 Å². The summed E-state index contributed by atoms with van der Waals surface area (Å²) >= 11 is 0. The van der Waals surface area contributed by atoms with Crippen LogP contribution in [0.1, 0.15) is 76.1 Å². The maximum atomic E-state index is 12.3. The number of ether oxygens (including phenoxy) is 1. The zero-order valence-corrected chi connectivity index (χ0v) is 21.3. The van der Waals surface area contributed by atoms with Crippen LogP contribution in [0.3, 0.4) is 0 Å². The fourth-order valence-electron chi connectivity index (χ4n) is 5.11. The lowest BCUT2D eigenvalue weighted by atomic mass is 9.89. The molecule has 1 saturated carbocycles. The number of carbonyl (C=O) groups excluding carboxylic acids is 1. The van der Waals surface area contributed by atoms with Crippen LogP contribution >= 0.6 is 0 Å². The average Bonchev–Trinajstić information content (AvgIpc) is 3.26. The van der Waals surface area contributed by atoms with Gasteiger partial charge in [0.05, 0.1) is 17.6 Å². The number of amides is 1. The standard InChI is InChI=1S/C30H41N3O2/c1-2-24-17-19-26(20-18-24)35-23-11-22-33-28-15-9-8-14-27(28)32-29(33)16-7-4-10-21-31-30(34)25-12-5-3-6-13-25/h8-9,14-15,17-20,25H,2-7,10-13,16,21-23H2,1H3,(H,31,34). The van der Waals surface area contributed by atoms with Crippen LogP contribution in [-0.2, 0) is 24.2 Å². The molecule has 1 amide bonds. The number of rotatable bonds is 13. The predicted molar refractivity (Wildman–Crippen MR) is 143 cm³/mol. The normalized spacial score (nSPS) is 14.3. The number of nitrogens with zero attached hydrogens (tertiary/aromatic N) is 2. The van der Waals surface area contributed by atoms with Crippen LogP contribution in [0.5, 0.6) is 5.75 Å². The zero-order valence-electron chi connectivity index (χ0n) is 21.3. The summed E-state index contributed by atoms with van der Waals surface area (Å²) in [6, 6.07) is 16.8. The number of imidazole rings is 1. The van der Waals surface area contributed by atoms with Crippen LogP contribution in [0.25, 0.3) is 11.0 Å². The van der Waals surface area contributed by atoms with Crippen molar-refractivity contribution in [3.05, 3.63) is 59.9 Å². The Balaban J connectivity index is 1.22. The third-order valence-corrected chi connectivity index (χ3v) is 7.21. The van der Waals surface area contributed by atoms with E-state index in [1.807, 2.05) is 0 Å². The number of fused-ring (bicyclic) bond motifs is 1. The average molecular weight is 476 g/mol. The SMILES string of the molecule is CCc1ccc(OCCCn2c(CCCCCNC(=O)C3CCCCC3)nc3ccccc32)cc1. The second-order valence-electron chi connectivity index (χ2n) is 9.80. The highest BCUT2D eigenvalue weighted by molar-refractivity contribution is 5.78. The van der Waals surface area contributed by atoms with Crippen molar-refractivity contribution in [1.82, 2.24) is 14.9 Å². The van der Waals surface area contributed by atoms with Gasteiger partial charge in [-0.05, 0) is 68.4 Å². The smallest absolute Gasteiger partial charge is 0.223 e. The molecule has 1 heterocycles. The van der Waals surface area contributed by atoms with E-state index >= 15 is 0 Å². The summed E-state index contributed by atoms with van der Waals surface area (Å²) in [7, 11) is 0. The van der Waals surface area contributed by atoms with Crippen molar-refractivity contribution >= 4 is 16.9 Å². The molecule has 3 aromatic rings. The minimum absolute atomic E-state index is 0.253. The van der Waals surface area contributed by atoms with Gasteiger partial charge in [-0.1, -0.05) is 56.9 Å². The zero-order chi connectivity index (χ0) is 24.3. The Hall–Kier alpha value is -2.82. The largest absolute Gasteiger partial charge is 0.494 e. The lowest BCUT2D eigenvalue weighted by Gasteiger charge is -2.20. The van der Waals surface area contributed by atoms with Gasteiger partial charge in [0.1, 0.15) is 11.6 Å². The Morgan fingerprint density at radius 2 is 1.80 bits per heavy atom. The number of unbranched alkanes of at least 4 members (excludes halogenated alkanes) is 2. The highest BCUT2D eigenvalue weighted by atomic mass is 16.5. The molecule has 5 heteroatoms. The molecule has 0 spiro atoms. The Kier molecular flexibility index (Phi) is 9.62. The maximum absolute atomic E-state index is 12.3. The van der Waals surface area contributed by atoms with Gasteiger partial charge in [0.25, 0.3) is 0 Å². The topological polar surface area (TPSA) is 56.1 Å². The number of aromatic nitrogens is 2. The van der Waals surface area contributed by atoms with Gasteiger partial charge in [0, 0.05) is 25.4 Å². The fraction of sp³-hybridized carbons (Fsp3) is 0.533. The van der Waals surface area contributed by atoms with Crippen LogP contribution < -0.4 is 10.1 Å². The summed E-state index contributed by atoms with van der Waals surface area (Å²) in [6.45, 7) is 4.56. The Labute approximate surface area is 210 Å². The Bertz CT molecular complexity index is 1050. The van der Waals surface area contributed by atoms with Crippen molar-refractivity contribution in [3.8, 4) is 5.75 Å². The van der Waals surface area contributed by atoms with Crippen molar-refractivity contribution < 1.29 is 9.53 Å². The predicted octanol–water partition coefficient (Wildman–Crippen LogP) is 6.48. The van der Waals surface area contributed by atoms with Crippen LogP contribution in [0, 0.1) is 5.92 Å². The molecule has 0 saturated heterocycles. The summed E-state index contributed by atoms with van der Waals surface area (Å²) in [5, 5.41) is 3.16. The molecule has 1 aliphatic carbocycles. The molecule has 1 aliphatic rings. The van der Waals surface area contributed by atoms with Gasteiger partial charge in [-0.3, -0.25) is 4.79 Å². The molecule has 0 atom stereocenters. The van der Waals surface area contributed by atoms with Gasteiger partial charge in [-0.25, -0.2) is 4.98 Å². The first kappa shape index (κ1) is 25.3. The fourth-order valence-corrected chi connectivity index (χ4v) is 5.11. The molecule has 35 heavy (non-hydrogen) atoms. The minimum atomic E-state index is 0.253. The van der Waals surface area contributed by atoms with E-state index in [0.717, 1.165) is 81.5 Å². The second-order valence-corrected chi connectivity index (χ2v) is 9.80. The first-order chi connectivity index (χ1) is 17.2. The van der Waals surface area contributed by atoms with Gasteiger partial charge < -0.3 is 14.6 Å². The van der Waals surface area contributed by atoms with Crippen molar-refractivity contribution in [2.45, 2.75) is 84.1 Å². The van der Waals surface area contributed by atoms with E-state index in [9.17, 15) is 4.79 Å². The number of nitrogens with one attached hydrogen (secondary N) is 1. The minimum Gasteiger partial charge on any atom is -0.494 e. The number of carbonyl (C=O) groups is 1. The monoisotopic (exact) mass is 475 g/mol. The molecule has 4 rings (SSSR count). The molecule has 0 unspecified atom stereocenters. The Morgan fingerprint density at radius 1 is 1.00 bits per heavy atom. The van der Waals surface area contributed by atoms with Crippen LogP contribution in [0.15, 0.2) is 48.5 Å². The van der Waals surface area contributed by atoms with Gasteiger partial charge in [0.2, 0.25) is 5.91 Å². The van der Waals surface area contributed by atoms with Crippen molar-refractivity contribution in [3.63, 3.8) is 0 Å². The molecule has 1 aromatic heterocycles. The first-order valence-corrected chi connectivity index (χ1v) is 13.7. The molecule has 188 valence electrons. The number of para-hydroxylation sites is 2. The molecule has 1 N–H and O–H groups in total. The quantitative estimate of drug-likeness (QED) is 0.288. The van der Waals surface area contributed by atoms with Crippen molar-refractivity contribution in [2.75, 3.05) is 13.2 Å². The van der Waals surface area contributed by atoms with Crippen molar-refractivity contribution in [2.24, 2.45) is 5.92 Å². The summed E-state index contributed by atoms with van der Waals surface area (Å²) in [6.07, 6.45) is 12.0. The number of hydrogen-bond donors (Lipinski definition) is 1. The maximum Gasteiger partial charge on any atom is 0.223 e. The van der Waals surface area contributed by atoms with Crippen LogP contribution in [0.4, 0.5) is 0 Å². The second kappa shape index (κ2) is 13.3. The molecule has 5 nitrogen and oxygen atoms in total. The van der Waals surface area contributed by atoms with Crippen LogP contribution in [0.2, 0.25) is 0 Å². The van der Waals surface area contributed by atoms with E-state index in [2.05, 4.69) is 65.3 Å². The van der Waals surface area contributed by atoms with Gasteiger partial charge in [0.15, 0.2) is 0 Å². The van der Waals surface area contributed by atoms with Crippen molar-refractivity contribution in [1.29, 1.82) is 0 Å². The number of benzene rings is 2. The highest BCUT2D eigenvalue weighted by Crippen LogP contribution is 2.23. The molecule has 0 bridgehead atoms. The van der Waals surface area contributed by atoms with Crippen LogP contribution in [-0.4, -0.2) is 28.6 Å². The number of hydrogen-bond acceptors (Lipinski definition) is 3. The van der Waals surface area contributed by atoms with Gasteiger partial charge >= 0.3 is 0 Å². The third kappa shape index (κ3) is 7.33. The summed E-state index contributed by atoms with van der Waals surface area (Å²) in [5.74, 6) is 2.62. The molecule has 2 aromatic carbocycles. The van der Waals surface area contributed by atoms with Gasteiger partial charge in [-0.15, -0.1) is 0 Å². The van der Waals surface area contributed by atoms with E-state index in [1.54, 1.807) is 0 Å². The summed E-state index contributed by atoms with van der Waals surface area (Å²) < 4.78 is 8.34. The Morgan fingerprint density at radius 3 is 2.60 bits per heavy atom. The molecule has 0 radical (unpaired) electrons. The van der Waals surface area contributed by atoms with E-state index in [1.165, 1.54) is 30.3 Å². The first-order valence-electron chi connectivity index (χ1n) is 13.7. The summed E-state index contributed by atoms with van der Waals surface area (Å²) in [4.78, 5) is 17.2. The highest BCUT2D eigenvalue weighted by Gasteiger charge is 2.20. The summed E-state index contributed by atoms with van der Waals surface area (Å²) in [5.41, 5.74) is 3.60. The number of aryl methyl sites for hydroxylation is 3. The lowest BCUT2D eigenvalue weighted by molar-refractivity contribution is -0.125. The molecule has 1 fully saturated rings. The molecular weight excluding hydrogens is 434 g/mol. The van der Waals surface area contributed by atoms with Gasteiger partial charge in [-0.2, -0.15) is 0 Å². The lowest BCUT2D eigenvalue weighted by Crippen LogP contribution is -2.32. The van der Waals surface area contributed by atoms with E-state index in [-0.39, 0.29) is 11.8 Å². The van der Waals surface area contributed by atoms with E-state index < -0.39 is 0 Å². The van der Waals surface area contributed by atoms with E-state index in [4.69, 9.17) is 9.72 Å². The molecule has 0 aliphatic heterocycles. The molecular formula is C30H41N3O2.